The third kappa shape index (κ3) is 3.49. The van der Waals surface area contributed by atoms with Crippen LogP contribution < -0.4 is 0 Å². The van der Waals surface area contributed by atoms with Gasteiger partial charge < -0.3 is 0 Å². The van der Waals surface area contributed by atoms with E-state index < -0.39 is 0 Å². The molecule has 14 heavy (non-hydrogen) atoms. The maximum Gasteiger partial charge on any atom is 0.162 e. The predicted octanol–water partition coefficient (Wildman–Crippen LogP) is 3.79. The minimum Gasteiger partial charge on any atom is -0.294 e. The quantitative estimate of drug-likeness (QED) is 0.521. The summed E-state index contributed by atoms with van der Waals surface area (Å²) in [5, 5.41) is 2.10. The average Bonchev–Trinajstić information content (AvgIpc) is 2.19. The van der Waals surface area contributed by atoms with E-state index in [9.17, 15) is 4.79 Å². The number of thioether (sulfide) groups is 1. The van der Waals surface area contributed by atoms with Gasteiger partial charge in [-0.3, -0.25) is 4.79 Å². The molecule has 0 unspecified atom stereocenters. The Morgan fingerprint density at radius 2 is 2.36 bits per heavy atom. The first kappa shape index (κ1) is 11.8. The normalized spacial score (nSPS) is 25.7. The summed E-state index contributed by atoms with van der Waals surface area (Å²) in [7, 11) is 0. The van der Waals surface area contributed by atoms with Crippen LogP contribution in [0.1, 0.15) is 46.0 Å². The van der Waals surface area contributed by atoms with Gasteiger partial charge in [-0.05, 0) is 36.8 Å². The molecule has 1 aliphatic carbocycles. The van der Waals surface area contributed by atoms with Crippen molar-refractivity contribution < 1.29 is 4.79 Å². The molecule has 0 heterocycles. The summed E-state index contributed by atoms with van der Waals surface area (Å²) in [5.74, 6) is 1.81. The molecule has 2 heteroatoms. The average molecular weight is 212 g/mol. The Balaban J connectivity index is 2.37. The SMILES string of the molecule is CCCCS/C=C1/CCC[C@@H](C)C1=O. The van der Waals surface area contributed by atoms with Crippen LogP contribution in [-0.4, -0.2) is 11.5 Å². The van der Waals surface area contributed by atoms with Crippen molar-refractivity contribution in [1.29, 1.82) is 0 Å². The summed E-state index contributed by atoms with van der Waals surface area (Å²) in [6, 6.07) is 0. The van der Waals surface area contributed by atoms with Gasteiger partial charge in [-0.1, -0.05) is 20.3 Å². The van der Waals surface area contributed by atoms with Crippen LogP contribution in [0.3, 0.4) is 0 Å². The van der Waals surface area contributed by atoms with Gasteiger partial charge in [-0.2, -0.15) is 0 Å². The van der Waals surface area contributed by atoms with E-state index in [1.54, 1.807) is 0 Å². The maximum atomic E-state index is 11.7. The van der Waals surface area contributed by atoms with E-state index in [0.29, 0.717) is 5.78 Å². The number of hydrogen-bond donors (Lipinski definition) is 0. The first-order chi connectivity index (χ1) is 6.75. The molecule has 0 aromatic heterocycles. The van der Waals surface area contributed by atoms with Crippen molar-refractivity contribution in [1.82, 2.24) is 0 Å². The highest BCUT2D eigenvalue weighted by Crippen LogP contribution is 2.26. The van der Waals surface area contributed by atoms with Crippen molar-refractivity contribution in [3.8, 4) is 0 Å². The van der Waals surface area contributed by atoms with E-state index in [4.69, 9.17) is 0 Å². The Bertz CT molecular complexity index is 220. The van der Waals surface area contributed by atoms with Crippen molar-refractivity contribution in [2.75, 3.05) is 5.75 Å². The number of carbonyl (C=O) groups excluding carboxylic acids is 1. The van der Waals surface area contributed by atoms with Crippen molar-refractivity contribution in [2.24, 2.45) is 5.92 Å². The smallest absolute Gasteiger partial charge is 0.162 e. The molecule has 0 spiro atoms. The van der Waals surface area contributed by atoms with Crippen LogP contribution in [0.4, 0.5) is 0 Å². The fraction of sp³-hybridized carbons (Fsp3) is 0.750. The molecule has 0 aromatic rings. The molecule has 0 saturated heterocycles. The molecule has 1 atom stereocenters. The zero-order valence-corrected chi connectivity index (χ0v) is 10.0. The van der Waals surface area contributed by atoms with E-state index in [2.05, 4.69) is 12.3 Å². The molecule has 1 rings (SSSR count). The molecule has 0 aromatic carbocycles. The van der Waals surface area contributed by atoms with Crippen LogP contribution >= 0.6 is 11.8 Å². The van der Waals surface area contributed by atoms with Gasteiger partial charge in [-0.15, -0.1) is 11.8 Å². The van der Waals surface area contributed by atoms with E-state index in [0.717, 1.165) is 24.2 Å². The zero-order valence-electron chi connectivity index (χ0n) is 9.21. The van der Waals surface area contributed by atoms with Crippen molar-refractivity contribution in [3.63, 3.8) is 0 Å². The Morgan fingerprint density at radius 1 is 1.57 bits per heavy atom. The van der Waals surface area contributed by atoms with Crippen LogP contribution in [0, 0.1) is 5.92 Å². The lowest BCUT2D eigenvalue weighted by Crippen LogP contribution is -2.18. The summed E-state index contributed by atoms with van der Waals surface area (Å²) in [6.45, 7) is 4.24. The first-order valence-electron chi connectivity index (χ1n) is 5.60. The van der Waals surface area contributed by atoms with E-state index in [1.165, 1.54) is 19.3 Å². The molecule has 1 nitrogen and oxygen atoms in total. The molecule has 80 valence electrons. The second-order valence-electron chi connectivity index (χ2n) is 4.02. The van der Waals surface area contributed by atoms with Crippen LogP contribution in [0.2, 0.25) is 0 Å². The predicted molar refractivity (Wildman–Crippen MR) is 63.5 cm³/mol. The van der Waals surface area contributed by atoms with Gasteiger partial charge in [0, 0.05) is 11.5 Å². The van der Waals surface area contributed by atoms with Crippen LogP contribution in [0.15, 0.2) is 11.0 Å². The third-order valence-corrected chi connectivity index (χ3v) is 3.66. The number of allylic oxidation sites excluding steroid dienone is 1. The lowest BCUT2D eigenvalue weighted by molar-refractivity contribution is -0.119. The van der Waals surface area contributed by atoms with Crippen molar-refractivity contribution in [2.45, 2.75) is 46.0 Å². The lowest BCUT2D eigenvalue weighted by atomic mass is 9.86. The number of ketones is 1. The number of hydrogen-bond acceptors (Lipinski definition) is 2. The monoisotopic (exact) mass is 212 g/mol. The number of unbranched alkanes of at least 4 members (excludes halogenated alkanes) is 1. The Hall–Kier alpha value is -0.240. The van der Waals surface area contributed by atoms with E-state index >= 15 is 0 Å². The molecule has 0 radical (unpaired) electrons. The minimum atomic E-state index is 0.266. The highest BCUT2D eigenvalue weighted by Gasteiger charge is 2.21. The van der Waals surface area contributed by atoms with Gasteiger partial charge in [0.25, 0.3) is 0 Å². The van der Waals surface area contributed by atoms with Crippen molar-refractivity contribution in [3.05, 3.63) is 11.0 Å². The highest BCUT2D eigenvalue weighted by atomic mass is 32.2. The third-order valence-electron chi connectivity index (χ3n) is 2.69. The molecule has 1 aliphatic rings. The summed E-state index contributed by atoms with van der Waals surface area (Å²) >= 11 is 1.81. The van der Waals surface area contributed by atoms with Crippen LogP contribution in [0.25, 0.3) is 0 Å². The van der Waals surface area contributed by atoms with E-state index in [-0.39, 0.29) is 5.92 Å². The van der Waals surface area contributed by atoms with Crippen LogP contribution in [-0.2, 0) is 4.79 Å². The molecular weight excluding hydrogens is 192 g/mol. The number of Topliss-reactive ketones (excluding diaryl/α,β-unsaturated/α-hetero) is 1. The second-order valence-corrected chi connectivity index (χ2v) is 5.00. The molecule has 1 fully saturated rings. The van der Waals surface area contributed by atoms with E-state index in [1.807, 2.05) is 18.7 Å². The molecule has 0 N–H and O–H groups in total. The largest absolute Gasteiger partial charge is 0.294 e. The minimum absolute atomic E-state index is 0.266. The highest BCUT2D eigenvalue weighted by molar-refractivity contribution is 8.02. The fourth-order valence-corrected chi connectivity index (χ4v) is 2.68. The zero-order chi connectivity index (χ0) is 10.4. The van der Waals surface area contributed by atoms with Gasteiger partial charge >= 0.3 is 0 Å². The molecule has 0 amide bonds. The van der Waals surface area contributed by atoms with Crippen molar-refractivity contribution >= 4 is 17.5 Å². The molecular formula is C12H20OS. The number of rotatable bonds is 4. The van der Waals surface area contributed by atoms with Gasteiger partial charge in [0.15, 0.2) is 5.78 Å². The fourth-order valence-electron chi connectivity index (χ4n) is 1.67. The summed E-state index contributed by atoms with van der Waals surface area (Å²) < 4.78 is 0. The summed E-state index contributed by atoms with van der Waals surface area (Å²) in [5.41, 5.74) is 1.07. The van der Waals surface area contributed by atoms with Gasteiger partial charge in [0.2, 0.25) is 0 Å². The lowest BCUT2D eigenvalue weighted by Gasteiger charge is -2.18. The molecule has 0 aliphatic heterocycles. The maximum absolute atomic E-state index is 11.7. The second kappa shape index (κ2) is 6.28. The Labute approximate surface area is 91.3 Å². The van der Waals surface area contributed by atoms with Gasteiger partial charge in [0.05, 0.1) is 0 Å². The van der Waals surface area contributed by atoms with Crippen LogP contribution in [0.5, 0.6) is 0 Å². The Kier molecular flexibility index (Phi) is 5.31. The van der Waals surface area contributed by atoms with Gasteiger partial charge in [-0.25, -0.2) is 0 Å². The standard InChI is InChI=1S/C12H20OS/c1-3-4-8-14-9-11-7-5-6-10(2)12(11)13/h9-10H,3-8H2,1-2H3/b11-9-/t10-/m1/s1. The summed E-state index contributed by atoms with van der Waals surface area (Å²) in [4.78, 5) is 11.7. The molecule has 0 bridgehead atoms. The Morgan fingerprint density at radius 3 is 3.07 bits per heavy atom. The number of carbonyl (C=O) groups is 1. The topological polar surface area (TPSA) is 17.1 Å². The first-order valence-corrected chi connectivity index (χ1v) is 6.65. The van der Waals surface area contributed by atoms with Gasteiger partial charge in [0.1, 0.15) is 0 Å². The summed E-state index contributed by atoms with van der Waals surface area (Å²) in [6.07, 6.45) is 5.75. The molecule has 1 saturated carbocycles.